The summed E-state index contributed by atoms with van der Waals surface area (Å²) >= 11 is 0. The standard InChI is InChI=1S/C12H20FNO9/c1-4(16)14-6-8(19)10(13)12(21,11(20)22-2)23-9(6)7(18)5(17)3-15/h5-10,15,17-19,21H,3H2,1-2H3,(H,14,16)/t5?,6-,7?,8-,9+,10+,12+/m1/s1. The van der Waals surface area contributed by atoms with Crippen LogP contribution in [0.4, 0.5) is 4.39 Å². The second-order valence-electron chi connectivity index (χ2n) is 5.13. The molecule has 1 aliphatic rings. The van der Waals surface area contributed by atoms with Crippen molar-refractivity contribution in [1.29, 1.82) is 0 Å². The number of alkyl halides is 1. The Kier molecular flexibility index (Phi) is 6.39. The molecule has 7 atom stereocenters. The van der Waals surface area contributed by atoms with E-state index in [1.54, 1.807) is 0 Å². The highest BCUT2D eigenvalue weighted by Gasteiger charge is 2.61. The Morgan fingerprint density at radius 1 is 1.43 bits per heavy atom. The number of ether oxygens (including phenoxy) is 2. The molecule has 0 aromatic rings. The van der Waals surface area contributed by atoms with Crippen LogP contribution in [0.3, 0.4) is 0 Å². The van der Waals surface area contributed by atoms with Crippen molar-refractivity contribution in [3.63, 3.8) is 0 Å². The van der Waals surface area contributed by atoms with E-state index in [0.29, 0.717) is 0 Å². The van der Waals surface area contributed by atoms with Gasteiger partial charge in [0.1, 0.15) is 24.4 Å². The first-order valence-electron chi connectivity index (χ1n) is 6.65. The lowest BCUT2D eigenvalue weighted by Crippen LogP contribution is -2.72. The fraction of sp³-hybridized carbons (Fsp3) is 0.833. The Balaban J connectivity index is 3.22. The Morgan fingerprint density at radius 3 is 2.43 bits per heavy atom. The van der Waals surface area contributed by atoms with Gasteiger partial charge in [-0.25, -0.2) is 9.18 Å². The van der Waals surface area contributed by atoms with Crippen molar-refractivity contribution in [2.45, 2.75) is 49.3 Å². The fourth-order valence-corrected chi connectivity index (χ4v) is 2.27. The van der Waals surface area contributed by atoms with Crippen LogP contribution in [-0.4, -0.2) is 93.5 Å². The van der Waals surface area contributed by atoms with Crippen molar-refractivity contribution in [3.8, 4) is 0 Å². The summed E-state index contributed by atoms with van der Waals surface area (Å²) in [5.74, 6) is -5.57. The molecule has 0 radical (unpaired) electrons. The van der Waals surface area contributed by atoms with Crippen LogP contribution in [0, 0.1) is 0 Å². The molecule has 1 amide bonds. The molecule has 0 spiro atoms. The van der Waals surface area contributed by atoms with Gasteiger partial charge < -0.3 is 40.3 Å². The first kappa shape index (κ1) is 19.7. The minimum absolute atomic E-state index is 0.732. The van der Waals surface area contributed by atoms with Crippen LogP contribution in [0.15, 0.2) is 0 Å². The molecule has 0 bridgehead atoms. The van der Waals surface area contributed by atoms with E-state index in [2.05, 4.69) is 10.1 Å². The monoisotopic (exact) mass is 341 g/mol. The van der Waals surface area contributed by atoms with Crippen LogP contribution >= 0.6 is 0 Å². The van der Waals surface area contributed by atoms with Gasteiger partial charge in [0.05, 0.1) is 19.8 Å². The van der Waals surface area contributed by atoms with E-state index in [9.17, 15) is 34.4 Å². The van der Waals surface area contributed by atoms with Gasteiger partial charge in [-0.15, -0.1) is 0 Å². The van der Waals surface area contributed by atoms with Crippen LogP contribution in [-0.2, 0) is 19.1 Å². The lowest BCUT2D eigenvalue weighted by Gasteiger charge is -2.46. The molecule has 1 saturated heterocycles. The molecule has 6 N–H and O–H groups in total. The van der Waals surface area contributed by atoms with Crippen molar-refractivity contribution in [3.05, 3.63) is 0 Å². The summed E-state index contributed by atoms with van der Waals surface area (Å²) in [6, 6.07) is -1.61. The molecule has 1 fully saturated rings. The lowest BCUT2D eigenvalue weighted by atomic mass is 9.87. The first-order valence-corrected chi connectivity index (χ1v) is 6.65. The fourth-order valence-electron chi connectivity index (χ4n) is 2.27. The number of halogens is 1. The van der Waals surface area contributed by atoms with Crippen LogP contribution in [0.2, 0.25) is 0 Å². The van der Waals surface area contributed by atoms with E-state index in [0.717, 1.165) is 14.0 Å². The highest BCUT2D eigenvalue weighted by atomic mass is 19.1. The van der Waals surface area contributed by atoms with Crippen molar-refractivity contribution < 1.29 is 49.0 Å². The summed E-state index contributed by atoms with van der Waals surface area (Å²) in [5, 5.41) is 50.3. The summed E-state index contributed by atoms with van der Waals surface area (Å²) in [6.07, 6.45) is -10.5. The smallest absolute Gasteiger partial charge is 0.369 e. The Hall–Kier alpha value is -1.37. The molecular weight excluding hydrogens is 321 g/mol. The number of esters is 1. The van der Waals surface area contributed by atoms with Gasteiger partial charge in [-0.2, -0.15) is 0 Å². The number of nitrogens with one attached hydrogen (secondary N) is 1. The summed E-state index contributed by atoms with van der Waals surface area (Å²) in [7, 11) is 0.830. The van der Waals surface area contributed by atoms with Crippen LogP contribution in [0.1, 0.15) is 6.92 Å². The maximum Gasteiger partial charge on any atom is 0.369 e. The lowest BCUT2D eigenvalue weighted by molar-refractivity contribution is -0.321. The number of aliphatic hydroxyl groups excluding tert-OH is 4. The second-order valence-corrected chi connectivity index (χ2v) is 5.13. The van der Waals surface area contributed by atoms with Crippen molar-refractivity contribution >= 4 is 11.9 Å². The third-order valence-corrected chi connectivity index (χ3v) is 3.48. The molecule has 0 aliphatic carbocycles. The SMILES string of the molecule is COC(=O)[C@@]1(O)O[C@H](C(O)C(O)CO)[C@H](NC(C)=O)[C@@H](O)[C@@H]1F. The van der Waals surface area contributed by atoms with Gasteiger partial charge in [0, 0.05) is 6.92 Å². The third kappa shape index (κ3) is 3.76. The third-order valence-electron chi connectivity index (χ3n) is 3.48. The zero-order chi connectivity index (χ0) is 17.9. The summed E-state index contributed by atoms with van der Waals surface area (Å²) in [6.45, 7) is 0.104. The first-order chi connectivity index (χ1) is 10.6. The van der Waals surface area contributed by atoms with Gasteiger partial charge >= 0.3 is 11.8 Å². The number of carbonyl (C=O) groups is 2. The minimum atomic E-state index is -3.26. The molecule has 0 aromatic heterocycles. The summed E-state index contributed by atoms with van der Waals surface area (Å²) in [5.41, 5.74) is 0. The summed E-state index contributed by atoms with van der Waals surface area (Å²) in [4.78, 5) is 22.7. The number of amides is 1. The van der Waals surface area contributed by atoms with Gasteiger partial charge in [0.25, 0.3) is 0 Å². The number of hydrogen-bond acceptors (Lipinski definition) is 9. The minimum Gasteiger partial charge on any atom is -0.465 e. The van der Waals surface area contributed by atoms with Crippen LogP contribution < -0.4 is 5.32 Å². The topological polar surface area (TPSA) is 166 Å². The number of carbonyl (C=O) groups excluding carboxylic acids is 2. The largest absolute Gasteiger partial charge is 0.465 e. The molecule has 1 heterocycles. The molecular formula is C12H20FNO9. The zero-order valence-corrected chi connectivity index (χ0v) is 12.4. The van der Waals surface area contributed by atoms with E-state index < -0.39 is 60.9 Å². The summed E-state index contributed by atoms with van der Waals surface area (Å²) < 4.78 is 23.2. The molecule has 134 valence electrons. The predicted octanol–water partition coefficient (Wildman–Crippen LogP) is -3.84. The zero-order valence-electron chi connectivity index (χ0n) is 12.4. The van der Waals surface area contributed by atoms with Gasteiger partial charge in [-0.05, 0) is 0 Å². The van der Waals surface area contributed by atoms with Gasteiger partial charge in [0.2, 0.25) is 5.91 Å². The average molecular weight is 341 g/mol. The molecule has 0 aromatic carbocycles. The highest BCUT2D eigenvalue weighted by molar-refractivity contribution is 5.79. The van der Waals surface area contributed by atoms with E-state index >= 15 is 0 Å². The van der Waals surface area contributed by atoms with Crippen LogP contribution in [0.5, 0.6) is 0 Å². The molecule has 1 aliphatic heterocycles. The second kappa shape index (κ2) is 7.47. The molecule has 11 heteroatoms. The van der Waals surface area contributed by atoms with Gasteiger partial charge in [-0.3, -0.25) is 4.79 Å². The van der Waals surface area contributed by atoms with Crippen molar-refractivity contribution in [2.75, 3.05) is 13.7 Å². The molecule has 2 unspecified atom stereocenters. The Morgan fingerprint density at radius 2 is 2.00 bits per heavy atom. The number of aliphatic hydroxyl groups is 5. The van der Waals surface area contributed by atoms with E-state index in [4.69, 9.17) is 9.84 Å². The number of hydrogen-bond donors (Lipinski definition) is 6. The highest BCUT2D eigenvalue weighted by Crippen LogP contribution is 2.33. The normalized spacial score (nSPS) is 36.9. The molecule has 10 nitrogen and oxygen atoms in total. The van der Waals surface area contributed by atoms with E-state index in [-0.39, 0.29) is 0 Å². The van der Waals surface area contributed by atoms with Crippen molar-refractivity contribution in [1.82, 2.24) is 5.32 Å². The van der Waals surface area contributed by atoms with Crippen molar-refractivity contribution in [2.24, 2.45) is 0 Å². The van der Waals surface area contributed by atoms with Gasteiger partial charge in [0.15, 0.2) is 6.17 Å². The average Bonchev–Trinajstić information content (AvgIpc) is 2.52. The van der Waals surface area contributed by atoms with Gasteiger partial charge in [-0.1, -0.05) is 0 Å². The van der Waals surface area contributed by atoms with E-state index in [1.807, 2.05) is 0 Å². The quantitative estimate of drug-likeness (QED) is 0.275. The molecule has 23 heavy (non-hydrogen) atoms. The van der Waals surface area contributed by atoms with E-state index in [1.165, 1.54) is 0 Å². The predicted molar refractivity (Wildman–Crippen MR) is 69.4 cm³/mol. The Bertz CT molecular complexity index is 450. The maximum atomic E-state index is 14.2. The molecule has 0 saturated carbocycles. The van der Waals surface area contributed by atoms with Crippen LogP contribution in [0.25, 0.3) is 0 Å². The molecule has 1 rings (SSSR count). The Labute approximate surface area is 130 Å². The number of rotatable bonds is 5. The maximum absolute atomic E-state index is 14.2. The number of methoxy groups -OCH3 is 1.